The predicted molar refractivity (Wildman–Crippen MR) is 69.0 cm³/mol. The van der Waals surface area contributed by atoms with E-state index in [-0.39, 0.29) is 31.8 Å². The predicted octanol–water partition coefficient (Wildman–Crippen LogP) is 1.44. The Morgan fingerprint density at radius 2 is 2.00 bits per heavy atom. The lowest BCUT2D eigenvalue weighted by atomic mass is 10.0. The molecule has 0 spiro atoms. The third-order valence-electron chi connectivity index (χ3n) is 3.14. The van der Waals surface area contributed by atoms with E-state index >= 15 is 0 Å². The maximum atomic E-state index is 11.9. The fraction of sp³-hybridized carbons (Fsp3) is 0.357. The number of amides is 1. The molecule has 0 radical (unpaired) electrons. The monoisotopic (exact) mass is 277 g/mol. The van der Waals surface area contributed by atoms with Gasteiger partial charge in [-0.15, -0.1) is 0 Å². The number of piperidine rings is 1. The minimum absolute atomic E-state index is 0.0523. The normalized spacial score (nSPS) is 18.7. The summed E-state index contributed by atoms with van der Waals surface area (Å²) in [6, 6.07) is 8.07. The molecule has 0 aliphatic carbocycles. The number of rotatable bonds is 3. The molecule has 1 unspecified atom stereocenters. The smallest absolute Gasteiger partial charge is 0.411 e. The molecule has 0 bridgehead atoms. The maximum Gasteiger partial charge on any atom is 0.411 e. The minimum Gasteiger partial charge on any atom is -0.480 e. The molecule has 1 atom stereocenters. The zero-order valence-electron chi connectivity index (χ0n) is 10.8. The third-order valence-corrected chi connectivity index (χ3v) is 3.14. The lowest BCUT2D eigenvalue weighted by molar-refractivity contribution is -0.145. The Morgan fingerprint density at radius 3 is 2.65 bits per heavy atom. The van der Waals surface area contributed by atoms with Crippen LogP contribution in [0, 0.1) is 0 Å². The number of carbonyl (C=O) groups is 3. The molecule has 1 saturated heterocycles. The van der Waals surface area contributed by atoms with Crippen LogP contribution in [0.4, 0.5) is 4.79 Å². The lowest BCUT2D eigenvalue weighted by Gasteiger charge is -2.31. The van der Waals surface area contributed by atoms with Crippen LogP contribution >= 0.6 is 0 Å². The van der Waals surface area contributed by atoms with Crippen molar-refractivity contribution in [3.8, 4) is 0 Å². The number of carboxylic acids is 1. The molecular formula is C14H15NO5. The molecule has 6 heteroatoms. The summed E-state index contributed by atoms with van der Waals surface area (Å²) in [5.41, 5.74) is 0.802. The highest BCUT2D eigenvalue weighted by molar-refractivity contribution is 5.89. The van der Waals surface area contributed by atoms with Crippen molar-refractivity contribution in [2.24, 2.45) is 0 Å². The molecule has 106 valence electrons. The summed E-state index contributed by atoms with van der Waals surface area (Å²) >= 11 is 0. The van der Waals surface area contributed by atoms with Crippen molar-refractivity contribution < 1.29 is 24.2 Å². The highest BCUT2D eigenvalue weighted by Gasteiger charge is 2.36. The second-order valence-electron chi connectivity index (χ2n) is 4.60. The number of hydrogen-bond donors (Lipinski definition) is 1. The summed E-state index contributed by atoms with van der Waals surface area (Å²) in [7, 11) is 0. The number of hydrogen-bond acceptors (Lipinski definition) is 4. The summed E-state index contributed by atoms with van der Waals surface area (Å²) in [4.78, 5) is 35.4. The highest BCUT2D eigenvalue weighted by Crippen LogP contribution is 2.17. The number of likely N-dealkylation sites (tertiary alicyclic amines) is 1. The van der Waals surface area contributed by atoms with E-state index < -0.39 is 18.1 Å². The standard InChI is InChI=1S/C14H15NO5/c16-11-6-7-12(13(17)18)15(8-11)14(19)20-9-10-4-2-1-3-5-10/h1-5,12H,6-9H2,(H,17,18). The van der Waals surface area contributed by atoms with Crippen LogP contribution in [0.3, 0.4) is 0 Å². The summed E-state index contributed by atoms with van der Waals surface area (Å²) in [5, 5.41) is 9.07. The second-order valence-corrected chi connectivity index (χ2v) is 4.60. The number of ether oxygens (including phenoxy) is 1. The number of aliphatic carboxylic acids is 1. The van der Waals surface area contributed by atoms with E-state index in [0.717, 1.165) is 10.5 Å². The van der Waals surface area contributed by atoms with Gasteiger partial charge >= 0.3 is 12.1 Å². The van der Waals surface area contributed by atoms with Crippen LogP contribution in [0.25, 0.3) is 0 Å². The molecule has 1 aromatic rings. The van der Waals surface area contributed by atoms with Crippen LogP contribution < -0.4 is 0 Å². The molecule has 1 heterocycles. The fourth-order valence-electron chi connectivity index (χ4n) is 2.08. The first-order chi connectivity index (χ1) is 9.58. The summed E-state index contributed by atoms with van der Waals surface area (Å²) in [5.74, 6) is -1.27. The Labute approximate surface area is 115 Å². The van der Waals surface area contributed by atoms with Gasteiger partial charge < -0.3 is 9.84 Å². The number of carbonyl (C=O) groups excluding carboxylic acids is 2. The van der Waals surface area contributed by atoms with Crippen molar-refractivity contribution in [3.63, 3.8) is 0 Å². The van der Waals surface area contributed by atoms with Gasteiger partial charge in [-0.05, 0) is 12.0 Å². The number of nitrogens with zero attached hydrogens (tertiary/aromatic N) is 1. The van der Waals surface area contributed by atoms with Crippen molar-refractivity contribution in [1.29, 1.82) is 0 Å². The van der Waals surface area contributed by atoms with Gasteiger partial charge in [-0.25, -0.2) is 9.59 Å². The largest absolute Gasteiger partial charge is 0.480 e. The Morgan fingerprint density at radius 1 is 1.30 bits per heavy atom. The molecular weight excluding hydrogens is 262 g/mol. The molecule has 1 aromatic carbocycles. The number of carboxylic acid groups (broad SMARTS) is 1. The van der Waals surface area contributed by atoms with Crippen molar-refractivity contribution >= 4 is 17.8 Å². The average molecular weight is 277 g/mol. The van der Waals surface area contributed by atoms with Crippen LogP contribution in [-0.2, 0) is 20.9 Å². The van der Waals surface area contributed by atoms with Gasteiger partial charge in [0.1, 0.15) is 12.6 Å². The molecule has 0 saturated carbocycles. The van der Waals surface area contributed by atoms with E-state index in [1.165, 1.54) is 0 Å². The highest BCUT2D eigenvalue weighted by atomic mass is 16.6. The van der Waals surface area contributed by atoms with Crippen molar-refractivity contribution in [3.05, 3.63) is 35.9 Å². The van der Waals surface area contributed by atoms with Crippen molar-refractivity contribution in [2.45, 2.75) is 25.5 Å². The topological polar surface area (TPSA) is 83.9 Å². The van der Waals surface area contributed by atoms with E-state index in [2.05, 4.69) is 0 Å². The molecule has 1 fully saturated rings. The van der Waals surface area contributed by atoms with Crippen molar-refractivity contribution in [2.75, 3.05) is 6.54 Å². The average Bonchev–Trinajstić information content (AvgIpc) is 2.45. The molecule has 1 aliphatic heterocycles. The Bertz CT molecular complexity index is 514. The molecule has 1 N–H and O–H groups in total. The zero-order chi connectivity index (χ0) is 14.5. The maximum absolute atomic E-state index is 11.9. The van der Waals surface area contributed by atoms with E-state index in [4.69, 9.17) is 9.84 Å². The van der Waals surface area contributed by atoms with Gasteiger partial charge in [0.15, 0.2) is 5.78 Å². The summed E-state index contributed by atoms with van der Waals surface area (Å²) < 4.78 is 5.07. The van der Waals surface area contributed by atoms with Gasteiger partial charge in [0.05, 0.1) is 6.54 Å². The van der Waals surface area contributed by atoms with Crippen LogP contribution in [0.1, 0.15) is 18.4 Å². The third kappa shape index (κ3) is 3.34. The molecule has 20 heavy (non-hydrogen) atoms. The SMILES string of the molecule is O=C1CCC(C(=O)O)N(C(=O)OCc2ccccc2)C1. The lowest BCUT2D eigenvalue weighted by Crippen LogP contribution is -2.51. The Hall–Kier alpha value is -2.37. The van der Waals surface area contributed by atoms with Crippen LogP contribution in [0.15, 0.2) is 30.3 Å². The van der Waals surface area contributed by atoms with E-state index in [9.17, 15) is 14.4 Å². The molecule has 2 rings (SSSR count). The molecule has 1 amide bonds. The van der Waals surface area contributed by atoms with Gasteiger partial charge in [0.2, 0.25) is 0 Å². The summed E-state index contributed by atoms with van der Waals surface area (Å²) in [6.45, 7) is -0.151. The Balaban J connectivity index is 1.98. The molecule has 0 aromatic heterocycles. The minimum atomic E-state index is -1.12. The number of ketones is 1. The van der Waals surface area contributed by atoms with Crippen LogP contribution in [-0.4, -0.2) is 40.4 Å². The molecule has 6 nitrogen and oxygen atoms in total. The van der Waals surface area contributed by atoms with Gasteiger partial charge in [-0.1, -0.05) is 30.3 Å². The number of Topliss-reactive ketones (excluding diaryl/α,β-unsaturated/α-hetero) is 1. The number of benzene rings is 1. The quantitative estimate of drug-likeness (QED) is 0.903. The van der Waals surface area contributed by atoms with Crippen LogP contribution in [0.5, 0.6) is 0 Å². The van der Waals surface area contributed by atoms with Gasteiger partial charge in [0.25, 0.3) is 0 Å². The zero-order valence-corrected chi connectivity index (χ0v) is 10.8. The van der Waals surface area contributed by atoms with Gasteiger partial charge in [-0.2, -0.15) is 0 Å². The van der Waals surface area contributed by atoms with Crippen LogP contribution in [0.2, 0.25) is 0 Å². The van der Waals surface area contributed by atoms with E-state index in [1.54, 1.807) is 12.1 Å². The first-order valence-electron chi connectivity index (χ1n) is 6.30. The van der Waals surface area contributed by atoms with Gasteiger partial charge in [-0.3, -0.25) is 9.69 Å². The first-order valence-corrected chi connectivity index (χ1v) is 6.30. The van der Waals surface area contributed by atoms with E-state index in [1.807, 2.05) is 18.2 Å². The second kappa shape index (κ2) is 6.18. The molecule has 1 aliphatic rings. The first kappa shape index (κ1) is 14.0. The van der Waals surface area contributed by atoms with Gasteiger partial charge in [0, 0.05) is 6.42 Å². The fourth-order valence-corrected chi connectivity index (χ4v) is 2.08. The van der Waals surface area contributed by atoms with Crippen molar-refractivity contribution in [1.82, 2.24) is 4.90 Å². The summed E-state index contributed by atoms with van der Waals surface area (Å²) in [6.07, 6.45) is -0.456. The Kier molecular flexibility index (Phi) is 4.34. The van der Waals surface area contributed by atoms with E-state index in [0.29, 0.717) is 0 Å².